The Morgan fingerprint density at radius 1 is 1.07 bits per heavy atom. The highest BCUT2D eigenvalue weighted by Gasteiger charge is 2.15. The minimum atomic E-state index is -0.265. The van der Waals surface area contributed by atoms with Crippen LogP contribution in [0.5, 0.6) is 17.2 Å². The van der Waals surface area contributed by atoms with Crippen molar-refractivity contribution >= 4 is 17.2 Å². The predicted octanol–water partition coefficient (Wildman–Crippen LogP) is 3.75. The number of nitrogens with one attached hydrogen (secondary N) is 1. The van der Waals surface area contributed by atoms with Crippen LogP contribution in [0.3, 0.4) is 0 Å². The number of hydrogen-bond donors (Lipinski definition) is 1. The molecule has 7 heteroatoms. The Kier molecular flexibility index (Phi) is 4.25. The van der Waals surface area contributed by atoms with Crippen LogP contribution in [0.4, 0.5) is 5.69 Å². The highest BCUT2D eigenvalue weighted by atomic mass is 16.7. The second-order valence-corrected chi connectivity index (χ2v) is 6.49. The Morgan fingerprint density at radius 3 is 2.86 bits per heavy atom. The number of nitrogens with zero attached hydrogens (tertiary/aromatic N) is 2. The van der Waals surface area contributed by atoms with Gasteiger partial charge in [0.2, 0.25) is 6.79 Å². The summed E-state index contributed by atoms with van der Waals surface area (Å²) in [5, 5.41) is 2.91. The summed E-state index contributed by atoms with van der Waals surface area (Å²) < 4.78 is 18.1. The number of imidazole rings is 1. The van der Waals surface area contributed by atoms with E-state index in [9.17, 15) is 4.79 Å². The maximum Gasteiger partial charge on any atom is 0.262 e. The number of carbonyl (C=O) groups is 1. The van der Waals surface area contributed by atoms with Crippen molar-refractivity contribution in [2.75, 3.05) is 18.7 Å². The smallest absolute Gasteiger partial charge is 0.262 e. The molecule has 5 rings (SSSR count). The molecule has 0 unspecified atom stereocenters. The highest BCUT2D eigenvalue weighted by molar-refractivity contribution is 5.96. The van der Waals surface area contributed by atoms with E-state index in [1.54, 1.807) is 18.2 Å². The van der Waals surface area contributed by atoms with Crippen molar-refractivity contribution in [3.63, 3.8) is 0 Å². The van der Waals surface area contributed by atoms with E-state index in [-0.39, 0.29) is 19.3 Å². The number of para-hydroxylation sites is 1. The topological polar surface area (TPSA) is 74.1 Å². The number of hydrogen-bond acceptors (Lipinski definition) is 5. The van der Waals surface area contributed by atoms with Gasteiger partial charge in [-0.1, -0.05) is 24.3 Å². The number of pyridine rings is 1. The summed E-state index contributed by atoms with van der Waals surface area (Å²) in [6.07, 6.45) is 3.87. The molecule has 144 valence electrons. The molecule has 0 spiro atoms. The summed E-state index contributed by atoms with van der Waals surface area (Å²) in [5.41, 5.74) is 3.14. The molecule has 0 radical (unpaired) electrons. The highest BCUT2D eigenvalue weighted by Crippen LogP contribution is 2.35. The minimum Gasteiger partial charge on any atom is -0.484 e. The standard InChI is InChI=1S/C22H17N3O4/c26-22(13-27-15-8-9-19-20(11-15)29-14-28-19)24-17-6-2-1-5-16(17)18-12-25-10-4-3-7-21(25)23-18/h1-12H,13-14H2,(H,24,26). The summed E-state index contributed by atoms with van der Waals surface area (Å²) in [6, 6.07) is 18.6. The zero-order chi connectivity index (χ0) is 19.6. The second-order valence-electron chi connectivity index (χ2n) is 6.49. The fourth-order valence-electron chi connectivity index (χ4n) is 3.18. The Hall–Kier alpha value is -4.00. The van der Waals surface area contributed by atoms with Crippen molar-refractivity contribution in [3.05, 3.63) is 73.1 Å². The van der Waals surface area contributed by atoms with Gasteiger partial charge in [-0.3, -0.25) is 4.79 Å². The van der Waals surface area contributed by atoms with Crippen LogP contribution in [0.1, 0.15) is 0 Å². The van der Waals surface area contributed by atoms with Crippen molar-refractivity contribution in [1.29, 1.82) is 0 Å². The van der Waals surface area contributed by atoms with E-state index in [0.717, 1.165) is 16.9 Å². The Bertz CT molecular complexity index is 1170. The van der Waals surface area contributed by atoms with Crippen LogP contribution in [-0.4, -0.2) is 28.7 Å². The van der Waals surface area contributed by atoms with Crippen LogP contribution in [0.2, 0.25) is 0 Å². The number of rotatable bonds is 5. The lowest BCUT2D eigenvalue weighted by Crippen LogP contribution is -2.20. The molecule has 0 saturated carbocycles. The quantitative estimate of drug-likeness (QED) is 0.565. The summed E-state index contributed by atoms with van der Waals surface area (Å²) in [4.78, 5) is 17.1. The summed E-state index contributed by atoms with van der Waals surface area (Å²) in [6.45, 7) is 0.0677. The van der Waals surface area contributed by atoms with Gasteiger partial charge < -0.3 is 23.9 Å². The number of benzene rings is 2. The van der Waals surface area contributed by atoms with Crippen molar-refractivity contribution in [2.24, 2.45) is 0 Å². The molecule has 2 aromatic carbocycles. The third-order valence-corrected chi connectivity index (χ3v) is 4.56. The summed E-state index contributed by atoms with van der Waals surface area (Å²) in [7, 11) is 0. The van der Waals surface area contributed by atoms with E-state index in [1.807, 2.05) is 59.3 Å². The van der Waals surface area contributed by atoms with Crippen molar-refractivity contribution in [2.45, 2.75) is 0 Å². The van der Waals surface area contributed by atoms with Gasteiger partial charge in [0.05, 0.1) is 11.4 Å². The van der Waals surface area contributed by atoms with E-state index in [1.165, 1.54) is 0 Å². The van der Waals surface area contributed by atoms with Crippen molar-refractivity contribution in [1.82, 2.24) is 9.38 Å². The van der Waals surface area contributed by atoms with Crippen LogP contribution >= 0.6 is 0 Å². The zero-order valence-electron chi connectivity index (χ0n) is 15.4. The molecule has 0 fully saturated rings. The molecule has 1 N–H and O–H groups in total. The molecule has 2 aromatic heterocycles. The van der Waals surface area contributed by atoms with Gasteiger partial charge in [0.25, 0.3) is 5.91 Å². The third kappa shape index (κ3) is 3.45. The van der Waals surface area contributed by atoms with Crippen LogP contribution in [0, 0.1) is 0 Å². The van der Waals surface area contributed by atoms with Crippen LogP contribution < -0.4 is 19.5 Å². The third-order valence-electron chi connectivity index (χ3n) is 4.56. The van der Waals surface area contributed by atoms with E-state index < -0.39 is 0 Å². The first kappa shape index (κ1) is 17.1. The molecular weight excluding hydrogens is 370 g/mol. The molecule has 0 bridgehead atoms. The normalized spacial score (nSPS) is 12.1. The average Bonchev–Trinajstić information content (AvgIpc) is 3.39. The Balaban J connectivity index is 1.31. The average molecular weight is 387 g/mol. The monoisotopic (exact) mass is 387 g/mol. The van der Waals surface area contributed by atoms with Crippen molar-refractivity contribution < 1.29 is 19.0 Å². The summed E-state index contributed by atoms with van der Waals surface area (Å²) in [5.74, 6) is 1.56. The zero-order valence-corrected chi connectivity index (χ0v) is 15.4. The second kappa shape index (κ2) is 7.20. The Labute approximate surface area is 166 Å². The van der Waals surface area contributed by atoms with Crippen LogP contribution in [0.25, 0.3) is 16.9 Å². The Morgan fingerprint density at radius 2 is 1.93 bits per heavy atom. The maximum atomic E-state index is 12.5. The first-order valence-corrected chi connectivity index (χ1v) is 9.12. The van der Waals surface area contributed by atoms with Gasteiger partial charge >= 0.3 is 0 Å². The number of aromatic nitrogens is 2. The van der Waals surface area contributed by atoms with Gasteiger partial charge in [-0.05, 0) is 30.3 Å². The van der Waals surface area contributed by atoms with Gasteiger partial charge in [0.1, 0.15) is 11.4 Å². The molecule has 29 heavy (non-hydrogen) atoms. The molecule has 1 amide bonds. The largest absolute Gasteiger partial charge is 0.484 e. The lowest BCUT2D eigenvalue weighted by atomic mass is 10.1. The van der Waals surface area contributed by atoms with Crippen LogP contribution in [0.15, 0.2) is 73.1 Å². The number of fused-ring (bicyclic) bond motifs is 2. The fourth-order valence-corrected chi connectivity index (χ4v) is 3.18. The van der Waals surface area contributed by atoms with E-state index >= 15 is 0 Å². The number of carbonyl (C=O) groups excluding carboxylic acids is 1. The fraction of sp³-hybridized carbons (Fsp3) is 0.0909. The number of ether oxygens (including phenoxy) is 3. The lowest BCUT2D eigenvalue weighted by Gasteiger charge is -2.11. The minimum absolute atomic E-state index is 0.126. The molecule has 3 heterocycles. The maximum absolute atomic E-state index is 12.5. The molecule has 0 aliphatic carbocycles. The molecule has 0 atom stereocenters. The van der Waals surface area contributed by atoms with Crippen molar-refractivity contribution in [3.8, 4) is 28.5 Å². The first-order chi connectivity index (χ1) is 14.3. The van der Waals surface area contributed by atoms with E-state index in [0.29, 0.717) is 22.9 Å². The molecule has 0 saturated heterocycles. The number of amides is 1. The molecule has 7 nitrogen and oxygen atoms in total. The molecule has 4 aromatic rings. The first-order valence-electron chi connectivity index (χ1n) is 9.12. The predicted molar refractivity (Wildman–Crippen MR) is 107 cm³/mol. The molecule has 1 aliphatic heterocycles. The van der Waals surface area contributed by atoms with Gasteiger partial charge in [-0.2, -0.15) is 0 Å². The summed E-state index contributed by atoms with van der Waals surface area (Å²) >= 11 is 0. The van der Waals surface area contributed by atoms with Gasteiger partial charge in [0, 0.05) is 24.0 Å². The lowest BCUT2D eigenvalue weighted by molar-refractivity contribution is -0.118. The van der Waals surface area contributed by atoms with E-state index in [2.05, 4.69) is 10.3 Å². The SMILES string of the molecule is O=C(COc1ccc2c(c1)OCO2)Nc1ccccc1-c1cn2ccccc2n1. The molecule has 1 aliphatic rings. The van der Waals surface area contributed by atoms with Gasteiger partial charge in [0.15, 0.2) is 18.1 Å². The number of anilines is 1. The molecular formula is C22H17N3O4. The van der Waals surface area contributed by atoms with Crippen LogP contribution in [-0.2, 0) is 4.79 Å². The van der Waals surface area contributed by atoms with Gasteiger partial charge in [-0.25, -0.2) is 4.98 Å². The van der Waals surface area contributed by atoms with E-state index in [4.69, 9.17) is 14.2 Å². The van der Waals surface area contributed by atoms with Gasteiger partial charge in [-0.15, -0.1) is 0 Å².